The predicted octanol–water partition coefficient (Wildman–Crippen LogP) is 6.10. The molecule has 0 spiro atoms. The van der Waals surface area contributed by atoms with Crippen molar-refractivity contribution in [2.24, 2.45) is 17.6 Å². The van der Waals surface area contributed by atoms with Gasteiger partial charge in [0.1, 0.15) is 29.1 Å². The van der Waals surface area contributed by atoms with E-state index in [4.69, 9.17) is 24.4 Å². The molecule has 2 aromatic heterocycles. The van der Waals surface area contributed by atoms with Crippen molar-refractivity contribution >= 4 is 56.3 Å². The number of aldehydes is 1. The second-order valence-electron chi connectivity index (χ2n) is 17.3. The van der Waals surface area contributed by atoms with Crippen molar-refractivity contribution in [1.29, 1.82) is 0 Å². The number of carbonyl (C=O) groups excluding carboxylic acids is 2. The minimum absolute atomic E-state index is 0.00305. The SMILES string of the molecule is NC(=O)c1oc2cc(O[C@@H]3O[C@H](C(=O)O)[C@@H](O)[C@]4(C=O)OCSSC[C@H](c5cc[nH]c5)[C@H]([C@H]5CC#CCC[C@@H]6C=C/C(=C/C5)c5ccccc56)CNC[C@]34O)ccc2c(=O)c1-c1ccc(O)cc1. The highest BCUT2D eigenvalue weighted by Crippen LogP contribution is 2.46. The normalized spacial score (nSPS) is 29.4. The number of phenols is 1. The molecule has 352 valence electrons. The Balaban J connectivity index is 1.09. The Kier molecular flexibility index (Phi) is 13.7. The van der Waals surface area contributed by atoms with Gasteiger partial charge in [-0.3, -0.25) is 14.4 Å². The smallest absolute Gasteiger partial charge is 0.335 e. The Bertz CT molecular complexity index is 2890. The van der Waals surface area contributed by atoms with Crippen LogP contribution in [0.25, 0.3) is 27.7 Å². The standard InChI is InChI=1S/C51H49N3O12S2/c52-47(59)44-42(32-14-16-34(56)17-15-32)43(57)38-19-18-35(22-41(38)65-44)64-49-50(62)26-54-24-39(30-7-3-1-2-6-29-10-12-31(13-11-30)37-9-5-4-8-36(29)37)40(33-20-21-53-23-33)25-67-68-28-63-51(50,27-55)46(58)45(66-49)48(60)61/h4-5,8-10,12-23,27,29-30,39-40,45-46,49,53-54,56,58,62H,2,6-7,11,24-26,28H2,(H2,52,59)(H,60,61)/b31-13-/t29-,30+,39+,40-,45+,46-,49-,50+,51+/m1/s1. The molecule has 2 bridgehead atoms. The molecule has 2 aliphatic heterocycles. The number of phenolic OH excluding ortho intramolecular Hbond substituents is 1. The summed E-state index contributed by atoms with van der Waals surface area (Å²) in [6, 6.07) is 20.0. The van der Waals surface area contributed by atoms with E-state index >= 15 is 0 Å². The van der Waals surface area contributed by atoms with E-state index in [2.05, 4.69) is 64.6 Å². The van der Waals surface area contributed by atoms with Crippen LogP contribution in [0, 0.1) is 23.7 Å². The van der Waals surface area contributed by atoms with Gasteiger partial charge in [-0.15, -0.1) is 11.8 Å². The van der Waals surface area contributed by atoms with E-state index in [0.717, 1.165) is 24.0 Å². The summed E-state index contributed by atoms with van der Waals surface area (Å²) in [5.41, 5.74) is 4.45. The third-order valence-corrected chi connectivity index (χ3v) is 15.6. The molecule has 1 amide bonds. The summed E-state index contributed by atoms with van der Waals surface area (Å²) in [6.07, 6.45) is 7.32. The largest absolute Gasteiger partial charge is 0.508 e. The zero-order valence-corrected chi connectivity index (χ0v) is 38.2. The molecular weight excluding hydrogens is 911 g/mol. The van der Waals surface area contributed by atoms with Gasteiger partial charge in [0, 0.05) is 49.5 Å². The highest BCUT2D eigenvalue weighted by Gasteiger charge is 2.69. The summed E-state index contributed by atoms with van der Waals surface area (Å²) in [4.78, 5) is 56.1. The number of β-amino-alcohol motifs (C(OH)–C–C–N with tert-alkyl or cyclic N) is 1. The Labute approximate surface area is 398 Å². The van der Waals surface area contributed by atoms with Gasteiger partial charge in [0.25, 0.3) is 5.91 Å². The molecule has 2 fully saturated rings. The number of allylic oxidation sites excluding steroid dienone is 4. The number of carboxylic acids is 1. The monoisotopic (exact) mass is 959 g/mol. The second-order valence-corrected chi connectivity index (χ2v) is 19.8. The lowest BCUT2D eigenvalue weighted by atomic mass is 9.73. The number of benzene rings is 3. The number of aliphatic hydroxyl groups is 2. The number of fused-ring (bicyclic) bond motifs is 8. The average molecular weight is 960 g/mol. The molecule has 0 radical (unpaired) electrons. The van der Waals surface area contributed by atoms with Crippen LogP contribution in [-0.2, 0) is 19.1 Å². The van der Waals surface area contributed by atoms with Gasteiger partial charge in [-0.05, 0) is 95.3 Å². The quantitative estimate of drug-likeness (QED) is 0.0528. The van der Waals surface area contributed by atoms with Gasteiger partial charge >= 0.3 is 5.97 Å². The van der Waals surface area contributed by atoms with Gasteiger partial charge in [-0.1, -0.05) is 76.2 Å². The summed E-state index contributed by atoms with van der Waals surface area (Å²) >= 11 is 0. The first kappa shape index (κ1) is 47.0. The van der Waals surface area contributed by atoms with Gasteiger partial charge in [0.2, 0.25) is 17.5 Å². The highest BCUT2D eigenvalue weighted by atomic mass is 33.1. The van der Waals surface area contributed by atoms with Crippen molar-refractivity contribution in [2.45, 2.75) is 67.2 Å². The van der Waals surface area contributed by atoms with E-state index in [1.165, 1.54) is 75.2 Å². The second kappa shape index (κ2) is 19.9. The summed E-state index contributed by atoms with van der Waals surface area (Å²) in [7, 11) is 2.72. The van der Waals surface area contributed by atoms with Crippen molar-refractivity contribution < 1.29 is 53.4 Å². The van der Waals surface area contributed by atoms with Crippen LogP contribution in [0.1, 0.15) is 64.8 Å². The molecule has 17 heteroatoms. The summed E-state index contributed by atoms with van der Waals surface area (Å²) in [5.74, 6) is 3.97. The molecule has 0 unspecified atom stereocenters. The molecule has 8 N–H and O–H groups in total. The van der Waals surface area contributed by atoms with Crippen LogP contribution in [-0.4, -0.2) is 98.1 Å². The van der Waals surface area contributed by atoms with Gasteiger partial charge in [-0.25, -0.2) is 4.79 Å². The minimum Gasteiger partial charge on any atom is -0.508 e. The van der Waals surface area contributed by atoms with Crippen LogP contribution in [0.3, 0.4) is 0 Å². The van der Waals surface area contributed by atoms with E-state index in [1.807, 2.05) is 18.5 Å². The summed E-state index contributed by atoms with van der Waals surface area (Å²) < 4.78 is 24.2. The molecule has 2 saturated heterocycles. The third-order valence-electron chi connectivity index (χ3n) is 13.5. The molecule has 10 rings (SSSR count). The van der Waals surface area contributed by atoms with Gasteiger partial charge in [0.05, 0.1) is 10.9 Å². The molecule has 9 atom stereocenters. The Morgan fingerprint density at radius 3 is 2.63 bits per heavy atom. The lowest BCUT2D eigenvalue weighted by Gasteiger charge is -2.53. The zero-order valence-electron chi connectivity index (χ0n) is 36.5. The van der Waals surface area contributed by atoms with Crippen molar-refractivity contribution in [2.75, 3.05) is 24.8 Å². The van der Waals surface area contributed by atoms with Gasteiger partial charge in [-0.2, -0.15) is 0 Å². The van der Waals surface area contributed by atoms with Crippen LogP contribution < -0.4 is 21.2 Å². The molecule has 4 heterocycles. The molecule has 15 nitrogen and oxygen atoms in total. The summed E-state index contributed by atoms with van der Waals surface area (Å²) in [6.45, 7) is -0.247. The number of nitrogens with two attached hydrogens (primary N) is 1. The van der Waals surface area contributed by atoms with Crippen molar-refractivity contribution in [3.63, 3.8) is 0 Å². The number of nitrogens with one attached hydrogen (secondary N) is 2. The van der Waals surface area contributed by atoms with Crippen molar-refractivity contribution in [1.82, 2.24) is 10.3 Å². The molecule has 5 aliphatic rings. The number of H-pyrrole nitrogens is 1. The maximum atomic E-state index is 13.9. The predicted molar refractivity (Wildman–Crippen MR) is 257 cm³/mol. The van der Waals surface area contributed by atoms with Crippen LogP contribution in [0.4, 0.5) is 0 Å². The Morgan fingerprint density at radius 1 is 1.04 bits per heavy atom. The van der Waals surface area contributed by atoms with E-state index in [1.54, 1.807) is 0 Å². The van der Waals surface area contributed by atoms with E-state index in [0.29, 0.717) is 18.6 Å². The average Bonchev–Trinajstić information content (AvgIpc) is 3.87. The first-order valence-electron chi connectivity index (χ1n) is 22.2. The summed E-state index contributed by atoms with van der Waals surface area (Å²) in [5, 5.41) is 48.4. The number of rotatable bonds is 8. The maximum absolute atomic E-state index is 13.9. The van der Waals surface area contributed by atoms with E-state index < -0.39 is 59.3 Å². The number of hydrogen-bond donors (Lipinski definition) is 7. The number of aromatic amines is 1. The number of aromatic nitrogens is 1. The molecular formula is C51H49N3O12S2. The van der Waals surface area contributed by atoms with Crippen LogP contribution in [0.2, 0.25) is 0 Å². The molecule has 3 aliphatic carbocycles. The lowest BCUT2D eigenvalue weighted by Crippen LogP contribution is -2.80. The molecule has 0 saturated carbocycles. The van der Waals surface area contributed by atoms with E-state index in [-0.39, 0.29) is 76.0 Å². The van der Waals surface area contributed by atoms with Gasteiger partial charge < -0.3 is 55.1 Å². The van der Waals surface area contributed by atoms with Crippen LogP contribution >= 0.6 is 21.6 Å². The Morgan fingerprint density at radius 2 is 1.87 bits per heavy atom. The lowest BCUT2D eigenvalue weighted by molar-refractivity contribution is -0.340. The van der Waals surface area contributed by atoms with Crippen LogP contribution in [0.15, 0.2) is 113 Å². The first-order valence-corrected chi connectivity index (χ1v) is 24.7. The molecule has 68 heavy (non-hydrogen) atoms. The fourth-order valence-electron chi connectivity index (χ4n) is 9.89. The first-order chi connectivity index (χ1) is 32.9. The number of primary amides is 1. The fourth-order valence-corrected chi connectivity index (χ4v) is 12.0. The molecule has 3 aromatic carbocycles. The van der Waals surface area contributed by atoms with Crippen LogP contribution in [0.5, 0.6) is 11.5 Å². The number of carboxylic acid groups (broad SMARTS) is 1. The third kappa shape index (κ3) is 8.89. The number of aliphatic carboxylic acids is 1. The maximum Gasteiger partial charge on any atom is 0.335 e. The number of aliphatic hydroxyl groups excluding tert-OH is 1. The zero-order chi connectivity index (χ0) is 47.6. The number of carbonyl (C=O) groups is 3. The number of hydrogen-bond acceptors (Lipinski definition) is 14. The number of ether oxygens (including phenoxy) is 3. The molecule has 5 aromatic rings. The van der Waals surface area contributed by atoms with Crippen molar-refractivity contribution in [3.05, 3.63) is 136 Å². The minimum atomic E-state index is -2.63. The number of amides is 1. The topological polar surface area (TPSA) is 244 Å². The van der Waals surface area contributed by atoms with Crippen molar-refractivity contribution in [3.8, 4) is 34.5 Å². The highest BCUT2D eigenvalue weighted by molar-refractivity contribution is 8.76. The van der Waals surface area contributed by atoms with Gasteiger partial charge in [0.15, 0.2) is 23.6 Å². The fraction of sp³-hybridized carbons (Fsp3) is 0.333. The Hall–Kier alpha value is -6.10. The van der Waals surface area contributed by atoms with E-state index in [9.17, 15) is 39.6 Å². The number of aromatic hydroxyl groups is 1.